The molecule has 152 valence electrons. The van der Waals surface area contributed by atoms with Crippen LogP contribution in [0.2, 0.25) is 0 Å². The van der Waals surface area contributed by atoms with Crippen LogP contribution in [0.15, 0.2) is 60.2 Å². The molecule has 29 heavy (non-hydrogen) atoms. The van der Waals surface area contributed by atoms with E-state index in [9.17, 15) is 14.7 Å². The minimum Gasteiger partial charge on any atom is -0.507 e. The van der Waals surface area contributed by atoms with Gasteiger partial charge in [0, 0.05) is 18.7 Å². The largest absolute Gasteiger partial charge is 0.507 e. The quantitative estimate of drug-likeness (QED) is 0.443. The van der Waals surface area contributed by atoms with Crippen molar-refractivity contribution in [2.45, 2.75) is 26.8 Å². The van der Waals surface area contributed by atoms with Gasteiger partial charge >= 0.3 is 0 Å². The van der Waals surface area contributed by atoms with Gasteiger partial charge in [-0.2, -0.15) is 0 Å². The Balaban J connectivity index is 2.06. The van der Waals surface area contributed by atoms with E-state index >= 15 is 0 Å². The monoisotopic (exact) mass is 392 g/mol. The second-order valence-corrected chi connectivity index (χ2v) is 7.30. The number of ketones is 1. The number of aliphatic hydroxyl groups excluding tert-OH is 1. The van der Waals surface area contributed by atoms with Crippen LogP contribution < -0.4 is 0 Å². The van der Waals surface area contributed by atoms with Gasteiger partial charge in [-0.15, -0.1) is 0 Å². The summed E-state index contributed by atoms with van der Waals surface area (Å²) in [5, 5.41) is 11.0. The third-order valence-corrected chi connectivity index (χ3v) is 5.53. The number of hydrogen-bond acceptors (Lipinski definition) is 4. The van der Waals surface area contributed by atoms with Gasteiger partial charge in [0.1, 0.15) is 5.76 Å². The molecule has 3 rings (SSSR count). The van der Waals surface area contributed by atoms with Crippen LogP contribution in [0, 0.1) is 6.92 Å². The van der Waals surface area contributed by atoms with E-state index in [1.54, 1.807) is 17.0 Å². The van der Waals surface area contributed by atoms with Crippen molar-refractivity contribution >= 4 is 17.4 Å². The number of benzene rings is 2. The third-order valence-electron chi connectivity index (χ3n) is 5.53. The molecule has 0 bridgehead atoms. The highest BCUT2D eigenvalue weighted by Gasteiger charge is 2.45. The first kappa shape index (κ1) is 20.8. The second-order valence-electron chi connectivity index (χ2n) is 7.30. The number of likely N-dealkylation sites (tertiary alicyclic amines) is 1. The van der Waals surface area contributed by atoms with Crippen LogP contribution >= 0.6 is 0 Å². The van der Waals surface area contributed by atoms with Crippen molar-refractivity contribution in [3.8, 4) is 0 Å². The molecule has 0 spiro atoms. The van der Waals surface area contributed by atoms with Gasteiger partial charge < -0.3 is 14.9 Å². The van der Waals surface area contributed by atoms with E-state index in [1.807, 2.05) is 49.4 Å². The molecule has 2 aromatic rings. The Morgan fingerprint density at radius 3 is 2.21 bits per heavy atom. The maximum atomic E-state index is 12.9. The highest BCUT2D eigenvalue weighted by molar-refractivity contribution is 6.46. The average molecular weight is 392 g/mol. The summed E-state index contributed by atoms with van der Waals surface area (Å²) in [6.07, 6.45) is 0. The van der Waals surface area contributed by atoms with Crippen molar-refractivity contribution in [2.24, 2.45) is 0 Å². The number of amides is 1. The predicted octanol–water partition coefficient (Wildman–Crippen LogP) is 3.76. The topological polar surface area (TPSA) is 60.9 Å². The Labute approximate surface area is 172 Å². The van der Waals surface area contributed by atoms with E-state index in [-0.39, 0.29) is 11.3 Å². The average Bonchev–Trinajstić information content (AvgIpc) is 3.00. The number of likely N-dealkylation sites (N-methyl/N-ethyl adjacent to an activating group) is 1. The van der Waals surface area contributed by atoms with Crippen molar-refractivity contribution < 1.29 is 14.7 Å². The number of Topliss-reactive ketones (excluding diaryl/α,β-unsaturated/α-hetero) is 1. The summed E-state index contributed by atoms with van der Waals surface area (Å²) < 4.78 is 0. The third kappa shape index (κ3) is 4.25. The van der Waals surface area contributed by atoms with Gasteiger partial charge in [-0.25, -0.2) is 0 Å². The zero-order valence-corrected chi connectivity index (χ0v) is 17.3. The fourth-order valence-electron chi connectivity index (χ4n) is 3.75. The summed E-state index contributed by atoms with van der Waals surface area (Å²) in [6, 6.07) is 16.2. The molecular formula is C24H28N2O3. The first-order valence-electron chi connectivity index (χ1n) is 10.1. The second kappa shape index (κ2) is 9.05. The zero-order chi connectivity index (χ0) is 21.0. The SMILES string of the molecule is CCN(CC)CCN1C(=O)C(=O)/C(=C(\O)c2ccc(C)cc2)C1c1ccccc1. The van der Waals surface area contributed by atoms with E-state index in [1.165, 1.54) is 0 Å². The lowest BCUT2D eigenvalue weighted by molar-refractivity contribution is -0.140. The molecule has 5 heteroatoms. The van der Waals surface area contributed by atoms with Crippen molar-refractivity contribution in [2.75, 3.05) is 26.2 Å². The first-order chi connectivity index (χ1) is 14.0. The van der Waals surface area contributed by atoms with Gasteiger partial charge in [-0.3, -0.25) is 9.59 Å². The van der Waals surface area contributed by atoms with Crippen molar-refractivity contribution in [1.82, 2.24) is 9.80 Å². The number of carbonyl (C=O) groups is 2. The standard InChI is InChI=1S/C24H28N2O3/c1-4-25(5-2)15-16-26-21(18-9-7-6-8-10-18)20(23(28)24(26)29)22(27)19-13-11-17(3)12-14-19/h6-14,21,27H,4-5,15-16H2,1-3H3/b22-20-. The van der Waals surface area contributed by atoms with Gasteiger partial charge in [0.2, 0.25) is 0 Å². The van der Waals surface area contributed by atoms with Gasteiger partial charge in [-0.05, 0) is 25.6 Å². The summed E-state index contributed by atoms with van der Waals surface area (Å²) in [5.41, 5.74) is 2.57. The van der Waals surface area contributed by atoms with E-state index in [4.69, 9.17) is 0 Å². The molecule has 0 aromatic heterocycles. The molecule has 1 N–H and O–H groups in total. The van der Waals surface area contributed by atoms with Crippen LogP contribution in [0.1, 0.15) is 36.6 Å². The number of carbonyl (C=O) groups excluding carboxylic acids is 2. The van der Waals surface area contributed by atoms with Gasteiger partial charge in [0.05, 0.1) is 11.6 Å². The highest BCUT2D eigenvalue weighted by atomic mass is 16.3. The van der Waals surface area contributed by atoms with E-state index in [0.29, 0.717) is 18.7 Å². The Kier molecular flexibility index (Phi) is 6.49. The smallest absolute Gasteiger partial charge is 0.295 e. The minimum absolute atomic E-state index is 0.123. The molecule has 1 amide bonds. The lowest BCUT2D eigenvalue weighted by Crippen LogP contribution is -2.38. The molecule has 1 atom stereocenters. The van der Waals surface area contributed by atoms with Crippen LogP contribution in [-0.4, -0.2) is 52.8 Å². The lowest BCUT2D eigenvalue weighted by Gasteiger charge is -2.28. The van der Waals surface area contributed by atoms with Crippen LogP contribution in [0.5, 0.6) is 0 Å². The summed E-state index contributed by atoms with van der Waals surface area (Å²) in [5.74, 6) is -1.31. The Bertz CT molecular complexity index is 899. The molecule has 0 saturated carbocycles. The number of nitrogens with zero attached hydrogens (tertiary/aromatic N) is 2. The number of aryl methyl sites for hydroxylation is 1. The van der Waals surface area contributed by atoms with E-state index < -0.39 is 17.7 Å². The first-order valence-corrected chi connectivity index (χ1v) is 10.1. The molecule has 5 nitrogen and oxygen atoms in total. The number of hydrogen-bond donors (Lipinski definition) is 1. The van der Waals surface area contributed by atoms with Crippen molar-refractivity contribution in [3.05, 3.63) is 76.9 Å². The molecule has 1 heterocycles. The fourth-order valence-corrected chi connectivity index (χ4v) is 3.75. The van der Waals surface area contributed by atoms with Crippen LogP contribution in [0.3, 0.4) is 0 Å². The molecule has 1 aliphatic rings. The van der Waals surface area contributed by atoms with Gasteiger partial charge in [0.25, 0.3) is 11.7 Å². The molecule has 1 fully saturated rings. The Morgan fingerprint density at radius 1 is 1.00 bits per heavy atom. The number of rotatable bonds is 7. The molecule has 1 saturated heterocycles. The molecule has 0 radical (unpaired) electrons. The molecule has 0 aliphatic carbocycles. The number of aliphatic hydroxyl groups is 1. The lowest BCUT2D eigenvalue weighted by atomic mass is 9.95. The maximum Gasteiger partial charge on any atom is 0.295 e. The van der Waals surface area contributed by atoms with Crippen molar-refractivity contribution in [3.63, 3.8) is 0 Å². The normalized spacial score (nSPS) is 18.6. The summed E-state index contributed by atoms with van der Waals surface area (Å²) in [6.45, 7) is 8.96. The van der Waals surface area contributed by atoms with Crippen LogP contribution in [-0.2, 0) is 9.59 Å². The van der Waals surface area contributed by atoms with E-state index in [2.05, 4.69) is 18.7 Å². The Hall–Kier alpha value is -2.92. The summed E-state index contributed by atoms with van der Waals surface area (Å²) in [4.78, 5) is 29.6. The van der Waals surface area contributed by atoms with E-state index in [0.717, 1.165) is 24.2 Å². The van der Waals surface area contributed by atoms with Crippen LogP contribution in [0.25, 0.3) is 5.76 Å². The maximum absolute atomic E-state index is 12.9. The van der Waals surface area contributed by atoms with Gasteiger partial charge in [0.15, 0.2) is 0 Å². The predicted molar refractivity (Wildman–Crippen MR) is 114 cm³/mol. The van der Waals surface area contributed by atoms with Gasteiger partial charge in [-0.1, -0.05) is 74.0 Å². The fraction of sp³-hybridized carbons (Fsp3) is 0.333. The summed E-state index contributed by atoms with van der Waals surface area (Å²) >= 11 is 0. The molecule has 1 unspecified atom stereocenters. The Morgan fingerprint density at radius 2 is 1.62 bits per heavy atom. The zero-order valence-electron chi connectivity index (χ0n) is 17.3. The highest BCUT2D eigenvalue weighted by Crippen LogP contribution is 2.39. The minimum atomic E-state index is -0.628. The molecule has 1 aliphatic heterocycles. The van der Waals surface area contributed by atoms with Crippen molar-refractivity contribution in [1.29, 1.82) is 0 Å². The molecule has 2 aromatic carbocycles. The summed E-state index contributed by atoms with van der Waals surface area (Å²) in [7, 11) is 0. The van der Waals surface area contributed by atoms with Crippen LogP contribution in [0.4, 0.5) is 0 Å². The molecular weight excluding hydrogens is 364 g/mol.